The maximum atomic E-state index is 13.3. The Morgan fingerprint density at radius 2 is 1.91 bits per heavy atom. The van der Waals surface area contributed by atoms with Crippen molar-refractivity contribution in [2.45, 2.75) is 38.9 Å². The zero-order valence-corrected chi connectivity index (χ0v) is 19.4. The van der Waals surface area contributed by atoms with Crippen LogP contribution in [0.15, 0.2) is 78.1 Å². The van der Waals surface area contributed by atoms with Gasteiger partial charge in [-0.05, 0) is 55.2 Å². The molecule has 6 heteroatoms. The Morgan fingerprint density at radius 3 is 2.70 bits per heavy atom. The van der Waals surface area contributed by atoms with E-state index in [2.05, 4.69) is 27.9 Å². The summed E-state index contributed by atoms with van der Waals surface area (Å²) < 4.78 is 7.36. The zero-order chi connectivity index (χ0) is 23.2. The summed E-state index contributed by atoms with van der Waals surface area (Å²) in [5, 5.41) is 0.756. The van der Waals surface area contributed by atoms with E-state index in [-0.39, 0.29) is 11.5 Å². The van der Waals surface area contributed by atoms with Crippen LogP contribution in [-0.2, 0) is 26.6 Å². The van der Waals surface area contributed by atoms with E-state index in [1.807, 2.05) is 66.5 Å². The SMILES string of the molecule is COc1cc(CN(Cc2cn(C)c3ccccc3c2=O)C(C)CCc2cccnc2)ccn1. The van der Waals surface area contributed by atoms with Gasteiger partial charge in [0.2, 0.25) is 5.88 Å². The minimum absolute atomic E-state index is 0.0977. The Bertz CT molecular complexity index is 1270. The number of para-hydroxylation sites is 1. The standard InChI is InChI=1S/C27H30N4O2/c1-20(10-11-21-7-6-13-28-16-21)31(17-22-12-14-29-26(15-22)33-3)19-23-18-30(2)25-9-5-4-8-24(25)27(23)32/h4-9,12-16,18,20H,10-11,17,19H2,1-3H3. The van der Waals surface area contributed by atoms with Crippen LogP contribution in [0.25, 0.3) is 10.9 Å². The number of benzene rings is 1. The minimum Gasteiger partial charge on any atom is -0.481 e. The van der Waals surface area contributed by atoms with Crippen LogP contribution in [0.2, 0.25) is 0 Å². The molecular formula is C27H30N4O2. The summed E-state index contributed by atoms with van der Waals surface area (Å²) in [7, 11) is 3.62. The summed E-state index contributed by atoms with van der Waals surface area (Å²) in [4.78, 5) is 24.1. The van der Waals surface area contributed by atoms with Crippen molar-refractivity contribution < 1.29 is 4.74 Å². The molecule has 0 aliphatic carbocycles. The largest absolute Gasteiger partial charge is 0.481 e. The van der Waals surface area contributed by atoms with Crippen molar-refractivity contribution in [3.63, 3.8) is 0 Å². The van der Waals surface area contributed by atoms with Gasteiger partial charge in [-0.3, -0.25) is 14.7 Å². The van der Waals surface area contributed by atoms with Gasteiger partial charge in [-0.1, -0.05) is 18.2 Å². The monoisotopic (exact) mass is 442 g/mol. The second-order valence-corrected chi connectivity index (χ2v) is 8.47. The van der Waals surface area contributed by atoms with E-state index >= 15 is 0 Å². The lowest BCUT2D eigenvalue weighted by atomic mass is 10.0. The minimum atomic E-state index is 0.0977. The quantitative estimate of drug-likeness (QED) is 0.385. The number of ether oxygens (including phenoxy) is 1. The predicted octanol–water partition coefficient (Wildman–Crippen LogP) is 4.36. The number of hydrogen-bond donors (Lipinski definition) is 0. The maximum absolute atomic E-state index is 13.3. The number of rotatable bonds is 9. The number of fused-ring (bicyclic) bond motifs is 1. The van der Waals surface area contributed by atoms with E-state index in [4.69, 9.17) is 4.74 Å². The van der Waals surface area contributed by atoms with Crippen LogP contribution >= 0.6 is 0 Å². The smallest absolute Gasteiger partial charge is 0.213 e. The second-order valence-electron chi connectivity index (χ2n) is 8.47. The highest BCUT2D eigenvalue weighted by molar-refractivity contribution is 5.79. The number of methoxy groups -OCH3 is 1. The third kappa shape index (κ3) is 5.46. The highest BCUT2D eigenvalue weighted by Crippen LogP contribution is 2.19. The van der Waals surface area contributed by atoms with E-state index in [1.165, 1.54) is 5.56 Å². The summed E-state index contributed by atoms with van der Waals surface area (Å²) in [6, 6.07) is 16.1. The summed E-state index contributed by atoms with van der Waals surface area (Å²) in [5.41, 5.74) is 4.16. The van der Waals surface area contributed by atoms with Crippen molar-refractivity contribution in [3.05, 3.63) is 100 Å². The maximum Gasteiger partial charge on any atom is 0.213 e. The molecule has 0 spiro atoms. The Balaban J connectivity index is 1.62. The average Bonchev–Trinajstić information content (AvgIpc) is 2.86. The van der Waals surface area contributed by atoms with Gasteiger partial charge >= 0.3 is 0 Å². The highest BCUT2D eigenvalue weighted by atomic mass is 16.5. The molecule has 4 aromatic rings. The van der Waals surface area contributed by atoms with E-state index in [0.717, 1.165) is 34.9 Å². The fourth-order valence-electron chi connectivity index (χ4n) is 4.21. The number of nitrogens with zero attached hydrogens (tertiary/aromatic N) is 4. The lowest BCUT2D eigenvalue weighted by Crippen LogP contribution is -2.34. The van der Waals surface area contributed by atoms with Crippen LogP contribution in [0.5, 0.6) is 5.88 Å². The number of hydrogen-bond acceptors (Lipinski definition) is 5. The number of aryl methyl sites for hydroxylation is 2. The summed E-state index contributed by atoms with van der Waals surface area (Å²) >= 11 is 0. The molecule has 0 saturated carbocycles. The van der Waals surface area contributed by atoms with Crippen molar-refractivity contribution >= 4 is 10.9 Å². The van der Waals surface area contributed by atoms with Gasteiger partial charge < -0.3 is 9.30 Å². The molecule has 1 aromatic carbocycles. The third-order valence-corrected chi connectivity index (χ3v) is 6.13. The lowest BCUT2D eigenvalue weighted by molar-refractivity contribution is 0.181. The first-order valence-corrected chi connectivity index (χ1v) is 11.2. The summed E-state index contributed by atoms with van der Waals surface area (Å²) in [6.45, 7) is 3.49. The van der Waals surface area contributed by atoms with Crippen LogP contribution < -0.4 is 10.2 Å². The molecule has 0 radical (unpaired) electrons. The van der Waals surface area contributed by atoms with Crippen molar-refractivity contribution in [3.8, 4) is 5.88 Å². The fourth-order valence-corrected chi connectivity index (χ4v) is 4.21. The Kier molecular flexibility index (Phi) is 7.15. The fraction of sp³-hybridized carbons (Fsp3) is 0.296. The van der Waals surface area contributed by atoms with Crippen LogP contribution in [0.3, 0.4) is 0 Å². The first-order valence-electron chi connectivity index (χ1n) is 11.2. The molecule has 0 saturated heterocycles. The van der Waals surface area contributed by atoms with Gasteiger partial charge in [0, 0.05) is 68.0 Å². The van der Waals surface area contributed by atoms with E-state index < -0.39 is 0 Å². The number of pyridine rings is 3. The van der Waals surface area contributed by atoms with Gasteiger partial charge in [0.05, 0.1) is 12.6 Å². The van der Waals surface area contributed by atoms with Crippen molar-refractivity contribution in [2.75, 3.05) is 7.11 Å². The second kappa shape index (κ2) is 10.4. The molecule has 0 N–H and O–H groups in total. The van der Waals surface area contributed by atoms with Crippen LogP contribution in [0, 0.1) is 0 Å². The first kappa shape index (κ1) is 22.7. The van der Waals surface area contributed by atoms with Gasteiger partial charge in [-0.15, -0.1) is 0 Å². The van der Waals surface area contributed by atoms with Crippen LogP contribution in [0.4, 0.5) is 0 Å². The normalized spacial score (nSPS) is 12.2. The molecule has 33 heavy (non-hydrogen) atoms. The first-order chi connectivity index (χ1) is 16.0. The van der Waals surface area contributed by atoms with Crippen molar-refractivity contribution in [1.82, 2.24) is 19.4 Å². The number of aromatic nitrogens is 3. The molecule has 0 amide bonds. The molecule has 3 aromatic heterocycles. The van der Waals surface area contributed by atoms with Crippen molar-refractivity contribution in [2.24, 2.45) is 7.05 Å². The van der Waals surface area contributed by atoms with Crippen LogP contribution in [0.1, 0.15) is 30.0 Å². The van der Waals surface area contributed by atoms with E-state index in [9.17, 15) is 4.79 Å². The zero-order valence-electron chi connectivity index (χ0n) is 19.4. The average molecular weight is 443 g/mol. The van der Waals surface area contributed by atoms with Crippen LogP contribution in [-0.4, -0.2) is 32.6 Å². The summed E-state index contributed by atoms with van der Waals surface area (Å²) in [6.07, 6.45) is 9.35. The third-order valence-electron chi connectivity index (χ3n) is 6.13. The molecule has 4 rings (SSSR count). The molecule has 0 aliphatic heterocycles. The summed E-state index contributed by atoms with van der Waals surface area (Å²) in [5.74, 6) is 0.595. The highest BCUT2D eigenvalue weighted by Gasteiger charge is 2.18. The van der Waals surface area contributed by atoms with Gasteiger partial charge in [0.1, 0.15) is 0 Å². The van der Waals surface area contributed by atoms with Gasteiger partial charge in [-0.2, -0.15) is 0 Å². The van der Waals surface area contributed by atoms with E-state index in [0.29, 0.717) is 19.0 Å². The molecule has 6 nitrogen and oxygen atoms in total. The van der Waals surface area contributed by atoms with Gasteiger partial charge in [0.25, 0.3) is 0 Å². The predicted molar refractivity (Wildman–Crippen MR) is 131 cm³/mol. The molecule has 1 unspecified atom stereocenters. The Morgan fingerprint density at radius 1 is 1.06 bits per heavy atom. The topological polar surface area (TPSA) is 60.2 Å². The molecule has 0 bridgehead atoms. The Labute approximate surface area is 194 Å². The molecule has 3 heterocycles. The van der Waals surface area contributed by atoms with Crippen molar-refractivity contribution in [1.29, 1.82) is 0 Å². The van der Waals surface area contributed by atoms with Gasteiger partial charge in [-0.25, -0.2) is 4.98 Å². The molecule has 0 fully saturated rings. The molecular weight excluding hydrogens is 412 g/mol. The molecule has 170 valence electrons. The lowest BCUT2D eigenvalue weighted by Gasteiger charge is -2.29. The molecule has 0 aliphatic rings. The Hall–Kier alpha value is -3.51. The molecule has 1 atom stereocenters. The van der Waals surface area contributed by atoms with Gasteiger partial charge in [0.15, 0.2) is 5.43 Å². The van der Waals surface area contributed by atoms with E-state index in [1.54, 1.807) is 19.5 Å².